The molecule has 169 valence electrons. The topological polar surface area (TPSA) is 68.4 Å². The summed E-state index contributed by atoms with van der Waals surface area (Å²) in [6, 6.07) is 30.7. The molecule has 36 heavy (non-hydrogen) atoms. The Balaban J connectivity index is 1.63. The quantitative estimate of drug-likeness (QED) is 0.226. The van der Waals surface area contributed by atoms with Crippen LogP contribution in [0.25, 0.3) is 65.9 Å². The fourth-order valence-electron chi connectivity index (χ4n) is 5.15. The van der Waals surface area contributed by atoms with Crippen molar-refractivity contribution < 1.29 is 14.1 Å². The van der Waals surface area contributed by atoms with Crippen LogP contribution in [0.15, 0.2) is 108 Å². The second kappa shape index (κ2) is 8.22. The first-order valence-electron chi connectivity index (χ1n) is 11.6. The van der Waals surface area contributed by atoms with Crippen LogP contribution in [-0.2, 0) is 0 Å². The summed E-state index contributed by atoms with van der Waals surface area (Å²) in [6.07, 6.45) is 3.45. The number of para-hydroxylation sites is 2. The monoisotopic (exact) mass is 465 g/mol. The van der Waals surface area contributed by atoms with Crippen LogP contribution in [-0.4, -0.2) is 22.7 Å². The van der Waals surface area contributed by atoms with E-state index in [0.717, 1.165) is 60.3 Å². The van der Waals surface area contributed by atoms with Gasteiger partial charge in [-0.25, -0.2) is 9.97 Å². The van der Waals surface area contributed by atoms with Crippen molar-refractivity contribution >= 4 is 51.3 Å². The summed E-state index contributed by atoms with van der Waals surface area (Å²) in [5.41, 5.74) is 6.45. The molecule has 5 aromatic carbocycles. The highest BCUT2D eigenvalue weighted by Crippen LogP contribution is 2.45. The SMILES string of the molecule is O[B]Oc1cccc2c1oc1c(-c3ccc4ccc5cncnc5c4c3-c3ccccc3)cccc12. The fraction of sp³-hybridized carbons (Fsp3) is 0. The molecule has 1 N–H and O–H groups in total. The van der Waals surface area contributed by atoms with Crippen LogP contribution in [0.4, 0.5) is 0 Å². The van der Waals surface area contributed by atoms with Crippen molar-refractivity contribution in [2.75, 3.05) is 0 Å². The highest BCUT2D eigenvalue weighted by atomic mass is 16.5. The molecule has 2 heterocycles. The Morgan fingerprint density at radius 3 is 2.36 bits per heavy atom. The maximum Gasteiger partial charge on any atom is 0.569 e. The van der Waals surface area contributed by atoms with Crippen molar-refractivity contribution in [3.63, 3.8) is 0 Å². The summed E-state index contributed by atoms with van der Waals surface area (Å²) in [5, 5.41) is 14.3. The molecular weight excluding hydrogens is 447 g/mol. The van der Waals surface area contributed by atoms with Gasteiger partial charge in [0, 0.05) is 33.3 Å². The molecule has 5 nitrogen and oxygen atoms in total. The van der Waals surface area contributed by atoms with Crippen LogP contribution in [0.2, 0.25) is 0 Å². The van der Waals surface area contributed by atoms with Crippen LogP contribution >= 0.6 is 0 Å². The Labute approximate surface area is 206 Å². The Morgan fingerprint density at radius 1 is 0.722 bits per heavy atom. The minimum atomic E-state index is 0.460. The number of furan rings is 1. The Morgan fingerprint density at radius 2 is 1.50 bits per heavy atom. The third-order valence-electron chi connectivity index (χ3n) is 6.68. The lowest BCUT2D eigenvalue weighted by Crippen LogP contribution is -1.99. The van der Waals surface area contributed by atoms with Gasteiger partial charge < -0.3 is 14.1 Å². The highest BCUT2D eigenvalue weighted by molar-refractivity contribution is 6.20. The zero-order valence-corrected chi connectivity index (χ0v) is 19.1. The van der Waals surface area contributed by atoms with E-state index in [9.17, 15) is 5.02 Å². The van der Waals surface area contributed by atoms with Crippen molar-refractivity contribution in [1.29, 1.82) is 0 Å². The van der Waals surface area contributed by atoms with Crippen LogP contribution in [0, 0.1) is 0 Å². The van der Waals surface area contributed by atoms with Gasteiger partial charge in [-0.2, -0.15) is 0 Å². The minimum absolute atomic E-state index is 0.460. The molecule has 0 bridgehead atoms. The number of hydrogen-bond acceptors (Lipinski definition) is 5. The first-order chi connectivity index (χ1) is 17.8. The van der Waals surface area contributed by atoms with Gasteiger partial charge in [0.15, 0.2) is 5.58 Å². The molecule has 1 radical (unpaired) electrons. The number of hydrogen-bond donors (Lipinski definition) is 1. The van der Waals surface area contributed by atoms with E-state index in [1.165, 1.54) is 0 Å². The molecule has 7 rings (SSSR count). The number of nitrogens with zero attached hydrogens (tertiary/aromatic N) is 2. The minimum Gasteiger partial charge on any atom is -0.535 e. The van der Waals surface area contributed by atoms with Gasteiger partial charge in [0.25, 0.3) is 0 Å². The summed E-state index contributed by atoms with van der Waals surface area (Å²) >= 11 is 0. The predicted molar refractivity (Wildman–Crippen MR) is 144 cm³/mol. The first-order valence-corrected chi connectivity index (χ1v) is 11.6. The summed E-state index contributed by atoms with van der Waals surface area (Å²) in [4.78, 5) is 8.91. The largest absolute Gasteiger partial charge is 0.569 e. The Hall–Kier alpha value is -4.68. The molecular formula is C30H18BN2O3. The number of benzene rings is 5. The summed E-state index contributed by atoms with van der Waals surface area (Å²) in [5.74, 6) is 0.460. The van der Waals surface area contributed by atoms with Crippen molar-refractivity contribution in [3.8, 4) is 28.0 Å². The van der Waals surface area contributed by atoms with E-state index in [1.807, 2.05) is 36.5 Å². The molecule has 0 aliphatic heterocycles. The number of aromatic nitrogens is 2. The van der Waals surface area contributed by atoms with E-state index in [2.05, 4.69) is 64.6 Å². The summed E-state index contributed by atoms with van der Waals surface area (Å²) in [6.45, 7) is 0. The van der Waals surface area contributed by atoms with Gasteiger partial charge in [-0.15, -0.1) is 0 Å². The molecule has 2 aromatic heterocycles. The number of fused-ring (bicyclic) bond motifs is 6. The predicted octanol–water partition coefficient (Wildman–Crippen LogP) is 6.92. The molecule has 0 unspecified atom stereocenters. The van der Waals surface area contributed by atoms with E-state index in [0.29, 0.717) is 19.0 Å². The highest BCUT2D eigenvalue weighted by Gasteiger charge is 2.20. The average molecular weight is 465 g/mol. The average Bonchev–Trinajstić information content (AvgIpc) is 3.33. The van der Waals surface area contributed by atoms with Crippen LogP contribution in [0.5, 0.6) is 5.75 Å². The second-order valence-electron chi connectivity index (χ2n) is 8.62. The van der Waals surface area contributed by atoms with Gasteiger partial charge in [0.2, 0.25) is 0 Å². The molecule has 0 spiro atoms. The summed E-state index contributed by atoms with van der Waals surface area (Å²) in [7, 11) is 0.673. The van der Waals surface area contributed by atoms with Gasteiger partial charge in [-0.05, 0) is 28.1 Å². The van der Waals surface area contributed by atoms with E-state index >= 15 is 0 Å². The first kappa shape index (κ1) is 20.7. The van der Waals surface area contributed by atoms with Crippen LogP contribution in [0.1, 0.15) is 0 Å². The van der Waals surface area contributed by atoms with Crippen molar-refractivity contribution in [1.82, 2.24) is 9.97 Å². The standard InChI is InChI=1S/C30H18BN2O3/c34-31-36-25-11-5-10-24-23-9-4-8-22(29(23)35-30(24)25)21-15-14-19-12-13-20-16-32-17-33-28(20)27(19)26(21)18-6-2-1-3-7-18/h1-17,34H. The Bertz CT molecular complexity index is 1920. The smallest absolute Gasteiger partial charge is 0.535 e. The van der Waals surface area contributed by atoms with Gasteiger partial charge in [0.05, 0.1) is 5.52 Å². The molecule has 7 aromatic rings. The lowest BCUT2D eigenvalue weighted by Gasteiger charge is -2.16. The zero-order valence-electron chi connectivity index (χ0n) is 19.1. The Kier molecular flexibility index (Phi) is 4.72. The van der Waals surface area contributed by atoms with Crippen molar-refractivity contribution in [2.45, 2.75) is 0 Å². The lowest BCUT2D eigenvalue weighted by molar-refractivity contribution is 0.451. The van der Waals surface area contributed by atoms with E-state index < -0.39 is 0 Å². The molecule has 0 aliphatic carbocycles. The fourth-order valence-corrected chi connectivity index (χ4v) is 5.15. The normalized spacial score (nSPS) is 11.5. The third kappa shape index (κ3) is 3.09. The van der Waals surface area contributed by atoms with Crippen LogP contribution in [0.3, 0.4) is 0 Å². The molecule has 0 saturated heterocycles. The maximum absolute atomic E-state index is 9.24. The maximum atomic E-state index is 9.24. The molecule has 0 fully saturated rings. The zero-order chi connectivity index (χ0) is 24.1. The molecule has 0 atom stereocenters. The van der Waals surface area contributed by atoms with E-state index in [-0.39, 0.29) is 0 Å². The van der Waals surface area contributed by atoms with Crippen LogP contribution < -0.4 is 4.65 Å². The van der Waals surface area contributed by atoms with Gasteiger partial charge in [0.1, 0.15) is 17.7 Å². The number of rotatable bonds is 4. The van der Waals surface area contributed by atoms with Gasteiger partial charge >= 0.3 is 7.69 Å². The van der Waals surface area contributed by atoms with Gasteiger partial charge in [-0.3, -0.25) is 0 Å². The molecule has 6 heteroatoms. The van der Waals surface area contributed by atoms with E-state index in [1.54, 1.807) is 12.4 Å². The molecule has 0 aliphatic rings. The van der Waals surface area contributed by atoms with E-state index in [4.69, 9.17) is 9.07 Å². The molecule has 0 amide bonds. The summed E-state index contributed by atoms with van der Waals surface area (Å²) < 4.78 is 11.7. The third-order valence-corrected chi connectivity index (χ3v) is 6.68. The van der Waals surface area contributed by atoms with Gasteiger partial charge in [-0.1, -0.05) is 84.9 Å². The lowest BCUT2D eigenvalue weighted by atomic mass is 9.88. The van der Waals surface area contributed by atoms with Crippen molar-refractivity contribution in [3.05, 3.63) is 104 Å². The second-order valence-corrected chi connectivity index (χ2v) is 8.62. The van der Waals surface area contributed by atoms with Crippen molar-refractivity contribution in [2.24, 2.45) is 0 Å². The molecule has 0 saturated carbocycles.